The summed E-state index contributed by atoms with van der Waals surface area (Å²) in [4.78, 5) is 11.9. The summed E-state index contributed by atoms with van der Waals surface area (Å²) in [5.41, 5.74) is 2.79. The fraction of sp³-hybridized carbons (Fsp3) is 0.133. The van der Waals surface area contributed by atoms with Crippen LogP contribution in [0.15, 0.2) is 48.5 Å². The molecule has 0 unspecified atom stereocenters. The molecular formula is C15H14ClNO. The third-order valence-electron chi connectivity index (χ3n) is 2.65. The van der Waals surface area contributed by atoms with E-state index in [2.05, 4.69) is 5.32 Å². The number of nitrogens with one attached hydrogen (secondary N) is 1. The molecule has 0 saturated heterocycles. The summed E-state index contributed by atoms with van der Waals surface area (Å²) < 4.78 is 0. The lowest BCUT2D eigenvalue weighted by molar-refractivity contribution is 0.0951. The standard InChI is InChI=1S/C15H14ClNO/c1-11-3-2-4-13(9-11)15(18)17-10-12-5-7-14(16)8-6-12/h2-9H,10H2,1H3,(H,17,18). The van der Waals surface area contributed by atoms with Gasteiger partial charge in [-0.15, -0.1) is 0 Å². The topological polar surface area (TPSA) is 29.1 Å². The van der Waals surface area contributed by atoms with E-state index < -0.39 is 0 Å². The highest BCUT2D eigenvalue weighted by molar-refractivity contribution is 6.30. The van der Waals surface area contributed by atoms with Crippen LogP contribution >= 0.6 is 11.6 Å². The molecule has 0 radical (unpaired) electrons. The Morgan fingerprint density at radius 2 is 1.89 bits per heavy atom. The molecule has 1 amide bonds. The highest BCUT2D eigenvalue weighted by atomic mass is 35.5. The summed E-state index contributed by atoms with van der Waals surface area (Å²) in [5.74, 6) is -0.0614. The molecule has 1 N–H and O–H groups in total. The van der Waals surface area contributed by atoms with E-state index in [4.69, 9.17) is 11.6 Å². The third-order valence-corrected chi connectivity index (χ3v) is 2.90. The van der Waals surface area contributed by atoms with E-state index in [1.54, 1.807) is 0 Å². The normalized spacial score (nSPS) is 10.1. The molecule has 18 heavy (non-hydrogen) atoms. The Hall–Kier alpha value is -1.80. The van der Waals surface area contributed by atoms with E-state index in [-0.39, 0.29) is 5.91 Å². The molecule has 0 aromatic heterocycles. The number of amides is 1. The molecule has 0 saturated carbocycles. The number of hydrogen-bond donors (Lipinski definition) is 1. The molecule has 0 aliphatic heterocycles. The smallest absolute Gasteiger partial charge is 0.251 e. The average Bonchev–Trinajstić information content (AvgIpc) is 2.38. The predicted molar refractivity (Wildman–Crippen MR) is 73.8 cm³/mol. The lowest BCUT2D eigenvalue weighted by atomic mass is 10.1. The summed E-state index contributed by atoms with van der Waals surface area (Å²) >= 11 is 5.80. The fourth-order valence-electron chi connectivity index (χ4n) is 1.67. The van der Waals surface area contributed by atoms with Crippen LogP contribution in [0.1, 0.15) is 21.5 Å². The second-order valence-corrected chi connectivity index (χ2v) is 4.62. The van der Waals surface area contributed by atoms with Crippen LogP contribution in [0.4, 0.5) is 0 Å². The van der Waals surface area contributed by atoms with Gasteiger partial charge in [-0.05, 0) is 36.8 Å². The summed E-state index contributed by atoms with van der Waals surface area (Å²) in [6, 6.07) is 15.0. The summed E-state index contributed by atoms with van der Waals surface area (Å²) in [5, 5.41) is 3.58. The van der Waals surface area contributed by atoms with Crippen LogP contribution in [0.5, 0.6) is 0 Å². The van der Waals surface area contributed by atoms with Crippen molar-refractivity contribution < 1.29 is 4.79 Å². The first-order valence-corrected chi connectivity index (χ1v) is 6.12. The molecule has 0 aliphatic rings. The van der Waals surface area contributed by atoms with Gasteiger partial charge in [-0.3, -0.25) is 4.79 Å². The van der Waals surface area contributed by atoms with Crippen molar-refractivity contribution in [2.24, 2.45) is 0 Å². The van der Waals surface area contributed by atoms with Gasteiger partial charge in [-0.1, -0.05) is 41.4 Å². The van der Waals surface area contributed by atoms with Gasteiger partial charge in [-0.2, -0.15) is 0 Å². The summed E-state index contributed by atoms with van der Waals surface area (Å²) in [7, 11) is 0. The first-order valence-electron chi connectivity index (χ1n) is 5.74. The van der Waals surface area contributed by atoms with E-state index >= 15 is 0 Å². The van der Waals surface area contributed by atoms with Crippen molar-refractivity contribution in [3.63, 3.8) is 0 Å². The Kier molecular flexibility index (Phi) is 4.00. The lowest BCUT2D eigenvalue weighted by Crippen LogP contribution is -2.22. The van der Waals surface area contributed by atoms with Crippen LogP contribution in [-0.2, 0) is 6.54 Å². The van der Waals surface area contributed by atoms with E-state index in [0.717, 1.165) is 11.1 Å². The van der Waals surface area contributed by atoms with E-state index in [0.29, 0.717) is 17.1 Å². The van der Waals surface area contributed by atoms with Crippen molar-refractivity contribution >= 4 is 17.5 Å². The van der Waals surface area contributed by atoms with Crippen molar-refractivity contribution in [2.45, 2.75) is 13.5 Å². The number of hydrogen-bond acceptors (Lipinski definition) is 1. The number of rotatable bonds is 3. The second kappa shape index (κ2) is 5.69. The van der Waals surface area contributed by atoms with Gasteiger partial charge in [0.05, 0.1) is 0 Å². The molecule has 3 heteroatoms. The molecule has 0 fully saturated rings. The van der Waals surface area contributed by atoms with Crippen molar-refractivity contribution in [1.82, 2.24) is 5.32 Å². The zero-order chi connectivity index (χ0) is 13.0. The van der Waals surface area contributed by atoms with Crippen molar-refractivity contribution in [1.29, 1.82) is 0 Å². The predicted octanol–water partition coefficient (Wildman–Crippen LogP) is 3.58. The Balaban J connectivity index is 1.98. The van der Waals surface area contributed by atoms with Gasteiger partial charge in [0.15, 0.2) is 0 Å². The van der Waals surface area contributed by atoms with Crippen LogP contribution in [0.25, 0.3) is 0 Å². The molecule has 2 aromatic rings. The molecule has 92 valence electrons. The van der Waals surface area contributed by atoms with Gasteiger partial charge in [-0.25, -0.2) is 0 Å². The number of carbonyl (C=O) groups excluding carboxylic acids is 1. The van der Waals surface area contributed by atoms with E-state index in [9.17, 15) is 4.79 Å². The van der Waals surface area contributed by atoms with E-state index in [1.165, 1.54) is 0 Å². The first-order chi connectivity index (χ1) is 8.65. The van der Waals surface area contributed by atoms with Crippen molar-refractivity contribution in [3.05, 3.63) is 70.2 Å². The minimum absolute atomic E-state index is 0.0614. The maximum absolute atomic E-state index is 11.9. The maximum atomic E-state index is 11.9. The third kappa shape index (κ3) is 3.34. The van der Waals surface area contributed by atoms with E-state index in [1.807, 2.05) is 55.5 Å². The molecule has 0 bridgehead atoms. The minimum atomic E-state index is -0.0614. The van der Waals surface area contributed by atoms with Crippen LogP contribution in [0, 0.1) is 6.92 Å². The Bertz CT molecular complexity index is 549. The molecule has 0 aliphatic carbocycles. The molecule has 2 aromatic carbocycles. The zero-order valence-electron chi connectivity index (χ0n) is 10.1. The Morgan fingerprint density at radius 1 is 1.17 bits per heavy atom. The van der Waals surface area contributed by atoms with Crippen LogP contribution in [0.3, 0.4) is 0 Å². The monoisotopic (exact) mass is 259 g/mol. The summed E-state index contributed by atoms with van der Waals surface area (Å²) in [6.07, 6.45) is 0. The van der Waals surface area contributed by atoms with Gasteiger partial charge in [0.25, 0.3) is 5.91 Å². The number of benzene rings is 2. The molecule has 0 spiro atoms. The highest BCUT2D eigenvalue weighted by Crippen LogP contribution is 2.09. The number of aryl methyl sites for hydroxylation is 1. The largest absolute Gasteiger partial charge is 0.348 e. The zero-order valence-corrected chi connectivity index (χ0v) is 10.9. The van der Waals surface area contributed by atoms with Gasteiger partial charge in [0.1, 0.15) is 0 Å². The Labute approximate surface area is 112 Å². The molecule has 2 rings (SSSR count). The first kappa shape index (κ1) is 12.7. The average molecular weight is 260 g/mol. The second-order valence-electron chi connectivity index (χ2n) is 4.18. The van der Waals surface area contributed by atoms with Gasteiger partial charge in [0.2, 0.25) is 0 Å². The van der Waals surface area contributed by atoms with Crippen molar-refractivity contribution in [3.8, 4) is 0 Å². The maximum Gasteiger partial charge on any atom is 0.251 e. The molecule has 0 atom stereocenters. The van der Waals surface area contributed by atoms with Crippen molar-refractivity contribution in [2.75, 3.05) is 0 Å². The SMILES string of the molecule is Cc1cccc(C(=O)NCc2ccc(Cl)cc2)c1. The highest BCUT2D eigenvalue weighted by Gasteiger charge is 2.04. The molecular weight excluding hydrogens is 246 g/mol. The summed E-state index contributed by atoms with van der Waals surface area (Å²) in [6.45, 7) is 2.47. The quantitative estimate of drug-likeness (QED) is 0.897. The number of carbonyl (C=O) groups is 1. The Morgan fingerprint density at radius 3 is 2.56 bits per heavy atom. The van der Waals surface area contributed by atoms with Gasteiger partial charge >= 0.3 is 0 Å². The fourth-order valence-corrected chi connectivity index (χ4v) is 1.80. The minimum Gasteiger partial charge on any atom is -0.348 e. The lowest BCUT2D eigenvalue weighted by Gasteiger charge is -2.06. The number of halogens is 1. The van der Waals surface area contributed by atoms with Crippen LogP contribution in [-0.4, -0.2) is 5.91 Å². The van der Waals surface area contributed by atoms with Gasteiger partial charge in [0, 0.05) is 17.1 Å². The van der Waals surface area contributed by atoms with Crippen LogP contribution in [0.2, 0.25) is 5.02 Å². The molecule has 0 heterocycles. The molecule has 2 nitrogen and oxygen atoms in total. The van der Waals surface area contributed by atoms with Gasteiger partial charge < -0.3 is 5.32 Å². The van der Waals surface area contributed by atoms with Crippen LogP contribution < -0.4 is 5.32 Å².